The first-order chi connectivity index (χ1) is 16.4. The number of amides is 4. The Morgan fingerprint density at radius 2 is 1.76 bits per heavy atom. The molecule has 0 atom stereocenters. The van der Waals surface area contributed by atoms with Crippen molar-refractivity contribution >= 4 is 57.1 Å². The van der Waals surface area contributed by atoms with E-state index in [0.717, 1.165) is 20.5 Å². The van der Waals surface area contributed by atoms with Gasteiger partial charge in [0.25, 0.3) is 11.8 Å². The lowest BCUT2D eigenvalue weighted by atomic mass is 10.0. The van der Waals surface area contributed by atoms with Gasteiger partial charge in [-0.25, -0.2) is 9.69 Å². The molecule has 0 bridgehead atoms. The fourth-order valence-corrected chi connectivity index (χ4v) is 4.04. The monoisotopic (exact) mass is 538 g/mol. The van der Waals surface area contributed by atoms with Crippen molar-refractivity contribution in [3.05, 3.63) is 98.5 Å². The number of carbonyl (C=O) groups is 3. The molecule has 0 unspecified atom stereocenters. The third-order valence-corrected chi connectivity index (χ3v) is 6.11. The fraction of sp³-hybridized carbons (Fsp3) is 0.115. The molecular weight excluding hydrogens is 520 g/mol. The molecule has 0 saturated carbocycles. The Labute approximate surface area is 210 Å². The Hall–Kier alpha value is -3.42. The third kappa shape index (κ3) is 5.05. The number of ether oxygens (including phenoxy) is 1. The van der Waals surface area contributed by atoms with Crippen molar-refractivity contribution in [1.29, 1.82) is 0 Å². The topological polar surface area (TPSA) is 75.7 Å². The summed E-state index contributed by atoms with van der Waals surface area (Å²) in [6.07, 6.45) is 2.04. The fourth-order valence-electron chi connectivity index (χ4n) is 3.54. The predicted octanol–water partition coefficient (Wildman–Crippen LogP) is 5.91. The van der Waals surface area contributed by atoms with E-state index in [1.54, 1.807) is 30.3 Å². The van der Waals surface area contributed by atoms with Crippen LogP contribution in [0.5, 0.6) is 5.75 Å². The highest BCUT2D eigenvalue weighted by Crippen LogP contribution is 2.29. The van der Waals surface area contributed by atoms with Crippen molar-refractivity contribution in [3.63, 3.8) is 0 Å². The van der Waals surface area contributed by atoms with E-state index >= 15 is 0 Å². The number of nitrogens with zero attached hydrogens (tertiary/aromatic N) is 1. The van der Waals surface area contributed by atoms with E-state index in [0.29, 0.717) is 35.1 Å². The number of barbiturate groups is 1. The van der Waals surface area contributed by atoms with Gasteiger partial charge in [-0.05, 0) is 59.5 Å². The first-order valence-electron chi connectivity index (χ1n) is 10.5. The van der Waals surface area contributed by atoms with Gasteiger partial charge in [0.2, 0.25) is 0 Å². The SMILES string of the molecule is CCc1ccccc1N1C(=O)NC(=O)/C(=C/c2ccc(OCc3ccc(Br)cc3)c(Cl)c2)C1=O. The number of benzene rings is 3. The van der Waals surface area contributed by atoms with E-state index in [2.05, 4.69) is 21.2 Å². The van der Waals surface area contributed by atoms with E-state index in [1.165, 1.54) is 6.08 Å². The van der Waals surface area contributed by atoms with Crippen molar-refractivity contribution < 1.29 is 19.1 Å². The van der Waals surface area contributed by atoms with Crippen LogP contribution in [0.15, 0.2) is 76.8 Å². The van der Waals surface area contributed by atoms with Gasteiger partial charge in [0.1, 0.15) is 17.9 Å². The maximum absolute atomic E-state index is 13.2. The minimum absolute atomic E-state index is 0.162. The normalized spacial score (nSPS) is 15.0. The number of imide groups is 2. The lowest BCUT2D eigenvalue weighted by Gasteiger charge is -2.28. The summed E-state index contributed by atoms with van der Waals surface area (Å²) in [4.78, 5) is 39.1. The van der Waals surface area contributed by atoms with Crippen LogP contribution in [0.2, 0.25) is 5.02 Å². The Kier molecular flexibility index (Phi) is 7.14. The summed E-state index contributed by atoms with van der Waals surface area (Å²) in [5.74, 6) is -0.979. The number of aryl methyl sites for hydroxylation is 1. The molecule has 172 valence electrons. The molecule has 1 aliphatic heterocycles. The average molecular weight is 540 g/mol. The van der Waals surface area contributed by atoms with Crippen molar-refractivity contribution in [2.45, 2.75) is 20.0 Å². The maximum Gasteiger partial charge on any atom is 0.335 e. The average Bonchev–Trinajstić information content (AvgIpc) is 2.82. The summed E-state index contributed by atoms with van der Waals surface area (Å²) < 4.78 is 6.78. The Bertz CT molecular complexity index is 1300. The van der Waals surface area contributed by atoms with Crippen molar-refractivity contribution in [1.82, 2.24) is 5.32 Å². The second-order valence-corrected chi connectivity index (χ2v) is 8.87. The van der Waals surface area contributed by atoms with Crippen LogP contribution in [0.4, 0.5) is 10.5 Å². The second-order valence-electron chi connectivity index (χ2n) is 7.55. The smallest absolute Gasteiger partial charge is 0.335 e. The largest absolute Gasteiger partial charge is 0.487 e. The van der Waals surface area contributed by atoms with Gasteiger partial charge in [-0.2, -0.15) is 0 Å². The molecule has 0 aliphatic carbocycles. The van der Waals surface area contributed by atoms with Crippen LogP contribution in [-0.4, -0.2) is 17.8 Å². The number of rotatable bonds is 6. The lowest BCUT2D eigenvalue weighted by Crippen LogP contribution is -2.54. The number of carbonyl (C=O) groups excluding carboxylic acids is 3. The number of halogens is 2. The van der Waals surface area contributed by atoms with Crippen molar-refractivity contribution in [2.75, 3.05) is 4.90 Å². The molecule has 6 nitrogen and oxygen atoms in total. The zero-order valence-electron chi connectivity index (χ0n) is 18.2. The molecule has 3 aromatic rings. The zero-order chi connectivity index (χ0) is 24.2. The predicted molar refractivity (Wildman–Crippen MR) is 135 cm³/mol. The van der Waals surface area contributed by atoms with Gasteiger partial charge >= 0.3 is 6.03 Å². The number of para-hydroxylation sites is 1. The van der Waals surface area contributed by atoms with Crippen LogP contribution in [0.25, 0.3) is 6.08 Å². The molecule has 8 heteroatoms. The van der Waals surface area contributed by atoms with Gasteiger partial charge in [-0.15, -0.1) is 0 Å². The molecular formula is C26H20BrClN2O4. The van der Waals surface area contributed by atoms with Crippen LogP contribution in [0, 0.1) is 0 Å². The highest BCUT2D eigenvalue weighted by molar-refractivity contribution is 9.10. The van der Waals surface area contributed by atoms with Crippen LogP contribution in [-0.2, 0) is 22.6 Å². The molecule has 1 heterocycles. The molecule has 4 rings (SSSR count). The molecule has 1 N–H and O–H groups in total. The summed E-state index contributed by atoms with van der Waals surface area (Å²) in [6.45, 7) is 2.26. The maximum atomic E-state index is 13.2. The summed E-state index contributed by atoms with van der Waals surface area (Å²) >= 11 is 9.78. The molecule has 3 aromatic carbocycles. The molecule has 1 saturated heterocycles. The molecule has 0 radical (unpaired) electrons. The standard InChI is InChI=1S/C26H20BrClN2O4/c1-2-18-5-3-4-6-22(18)30-25(32)20(24(31)29-26(30)33)13-17-9-12-23(21(28)14-17)34-15-16-7-10-19(27)11-8-16/h3-14H,2,15H2,1H3,(H,29,31,33)/b20-13-. The molecule has 4 amide bonds. The number of anilines is 1. The Balaban J connectivity index is 1.57. The van der Waals surface area contributed by atoms with Crippen LogP contribution >= 0.6 is 27.5 Å². The van der Waals surface area contributed by atoms with E-state index in [-0.39, 0.29) is 5.57 Å². The first-order valence-corrected chi connectivity index (χ1v) is 11.7. The van der Waals surface area contributed by atoms with Crippen LogP contribution < -0.4 is 15.0 Å². The highest BCUT2D eigenvalue weighted by atomic mass is 79.9. The van der Waals surface area contributed by atoms with Gasteiger partial charge in [0.15, 0.2) is 0 Å². The molecule has 0 aromatic heterocycles. The summed E-state index contributed by atoms with van der Waals surface area (Å²) in [7, 11) is 0. The van der Waals surface area contributed by atoms with E-state index in [1.807, 2.05) is 43.3 Å². The van der Waals surface area contributed by atoms with Crippen molar-refractivity contribution in [2.24, 2.45) is 0 Å². The summed E-state index contributed by atoms with van der Waals surface area (Å²) in [5.41, 5.74) is 2.60. The van der Waals surface area contributed by atoms with Crippen molar-refractivity contribution in [3.8, 4) is 5.75 Å². The van der Waals surface area contributed by atoms with Gasteiger partial charge in [0, 0.05) is 4.47 Å². The third-order valence-electron chi connectivity index (χ3n) is 5.29. The van der Waals surface area contributed by atoms with E-state index in [4.69, 9.17) is 16.3 Å². The van der Waals surface area contributed by atoms with Gasteiger partial charge in [-0.3, -0.25) is 14.9 Å². The van der Waals surface area contributed by atoms with Gasteiger partial charge < -0.3 is 4.74 Å². The van der Waals surface area contributed by atoms with E-state index < -0.39 is 17.8 Å². The molecule has 34 heavy (non-hydrogen) atoms. The molecule has 0 spiro atoms. The van der Waals surface area contributed by atoms with Crippen LogP contribution in [0.3, 0.4) is 0 Å². The number of urea groups is 1. The second kappa shape index (κ2) is 10.2. The Morgan fingerprint density at radius 1 is 1.03 bits per heavy atom. The number of hydrogen-bond acceptors (Lipinski definition) is 4. The number of hydrogen-bond donors (Lipinski definition) is 1. The van der Waals surface area contributed by atoms with E-state index in [9.17, 15) is 14.4 Å². The summed E-state index contributed by atoms with van der Waals surface area (Å²) in [5, 5.41) is 2.58. The lowest BCUT2D eigenvalue weighted by molar-refractivity contribution is -0.122. The summed E-state index contributed by atoms with van der Waals surface area (Å²) in [6, 6.07) is 19.0. The minimum atomic E-state index is -0.775. The van der Waals surface area contributed by atoms with Gasteiger partial charge in [0.05, 0.1) is 10.7 Å². The molecule has 1 fully saturated rings. The Morgan fingerprint density at radius 3 is 2.47 bits per heavy atom. The molecule has 1 aliphatic rings. The quantitative estimate of drug-likeness (QED) is 0.312. The highest BCUT2D eigenvalue weighted by Gasteiger charge is 2.37. The first kappa shape index (κ1) is 23.7. The van der Waals surface area contributed by atoms with Crippen LogP contribution in [0.1, 0.15) is 23.6 Å². The zero-order valence-corrected chi connectivity index (χ0v) is 20.5. The van der Waals surface area contributed by atoms with Gasteiger partial charge in [-0.1, -0.05) is 70.9 Å². The number of nitrogens with one attached hydrogen (secondary N) is 1. The minimum Gasteiger partial charge on any atom is -0.487 e.